The number of nitrogens with zero attached hydrogens (tertiary/aromatic N) is 2. The third-order valence-corrected chi connectivity index (χ3v) is 4.05. The normalized spacial score (nSPS) is 10.9. The molecule has 0 bridgehead atoms. The van der Waals surface area contributed by atoms with Crippen LogP contribution in [-0.4, -0.2) is 18.1 Å². The van der Waals surface area contributed by atoms with E-state index in [1.807, 2.05) is 12.3 Å². The van der Waals surface area contributed by atoms with Gasteiger partial charge in [0.1, 0.15) is 5.82 Å². The Morgan fingerprint density at radius 2 is 2.00 bits per heavy atom. The van der Waals surface area contributed by atoms with E-state index in [1.165, 1.54) is 11.1 Å². The van der Waals surface area contributed by atoms with E-state index in [1.54, 1.807) is 0 Å². The van der Waals surface area contributed by atoms with Crippen LogP contribution in [0.5, 0.6) is 0 Å². The second-order valence-electron chi connectivity index (χ2n) is 5.51. The Bertz CT molecular complexity index is 584. The molecular weight excluding hydrogens is 326 g/mol. The Morgan fingerprint density at radius 1 is 1.24 bits per heavy atom. The molecule has 0 aliphatic rings. The van der Waals surface area contributed by atoms with Crippen LogP contribution in [0.3, 0.4) is 0 Å². The lowest BCUT2D eigenvalue weighted by Gasteiger charge is -2.20. The number of aromatic nitrogens is 1. The lowest BCUT2D eigenvalue weighted by atomic mass is 10.2. The van der Waals surface area contributed by atoms with Crippen molar-refractivity contribution in [3.8, 4) is 0 Å². The van der Waals surface area contributed by atoms with Gasteiger partial charge in [0.05, 0.1) is 0 Å². The summed E-state index contributed by atoms with van der Waals surface area (Å²) in [5.41, 5.74) is 2.51. The van der Waals surface area contributed by atoms with Crippen molar-refractivity contribution in [2.45, 2.75) is 33.0 Å². The minimum Gasteiger partial charge on any atom is -0.355 e. The van der Waals surface area contributed by atoms with Crippen molar-refractivity contribution in [1.29, 1.82) is 0 Å². The van der Waals surface area contributed by atoms with Gasteiger partial charge in [-0.2, -0.15) is 0 Å². The SMILES string of the molecule is CC(C)NCc1ccnc(N(C)Cc2ccccc2Br)c1. The fourth-order valence-electron chi connectivity index (χ4n) is 2.06. The van der Waals surface area contributed by atoms with E-state index >= 15 is 0 Å². The lowest BCUT2D eigenvalue weighted by Crippen LogP contribution is -2.22. The molecule has 21 heavy (non-hydrogen) atoms. The molecule has 0 unspecified atom stereocenters. The van der Waals surface area contributed by atoms with E-state index in [4.69, 9.17) is 0 Å². The molecule has 0 radical (unpaired) electrons. The Kier molecular flexibility index (Phi) is 5.76. The first-order valence-electron chi connectivity index (χ1n) is 7.19. The first-order chi connectivity index (χ1) is 10.1. The summed E-state index contributed by atoms with van der Waals surface area (Å²) in [6.07, 6.45) is 1.88. The summed E-state index contributed by atoms with van der Waals surface area (Å²) >= 11 is 3.60. The molecule has 0 aliphatic carbocycles. The Hall–Kier alpha value is -1.39. The van der Waals surface area contributed by atoms with Crippen LogP contribution in [0.2, 0.25) is 0 Å². The zero-order valence-corrected chi connectivity index (χ0v) is 14.4. The van der Waals surface area contributed by atoms with Crippen LogP contribution in [0.25, 0.3) is 0 Å². The first-order valence-corrected chi connectivity index (χ1v) is 7.98. The number of benzene rings is 1. The second kappa shape index (κ2) is 7.57. The fraction of sp³-hybridized carbons (Fsp3) is 0.353. The number of rotatable bonds is 6. The molecule has 0 fully saturated rings. The minimum atomic E-state index is 0.486. The molecule has 4 heteroatoms. The zero-order chi connectivity index (χ0) is 15.2. The molecule has 0 saturated heterocycles. The van der Waals surface area contributed by atoms with E-state index in [9.17, 15) is 0 Å². The number of nitrogens with one attached hydrogen (secondary N) is 1. The highest BCUT2D eigenvalue weighted by Gasteiger charge is 2.07. The monoisotopic (exact) mass is 347 g/mol. The van der Waals surface area contributed by atoms with Crippen molar-refractivity contribution < 1.29 is 0 Å². The number of halogens is 1. The van der Waals surface area contributed by atoms with E-state index in [0.717, 1.165) is 23.4 Å². The molecule has 2 aromatic rings. The van der Waals surface area contributed by atoms with Gasteiger partial charge in [0.25, 0.3) is 0 Å². The summed E-state index contributed by atoms with van der Waals surface area (Å²) in [5, 5.41) is 3.43. The average molecular weight is 348 g/mol. The smallest absolute Gasteiger partial charge is 0.128 e. The maximum atomic E-state index is 4.48. The van der Waals surface area contributed by atoms with Crippen LogP contribution >= 0.6 is 15.9 Å². The highest BCUT2D eigenvalue weighted by atomic mass is 79.9. The highest BCUT2D eigenvalue weighted by Crippen LogP contribution is 2.20. The fourth-order valence-corrected chi connectivity index (χ4v) is 2.47. The molecule has 0 amide bonds. The molecule has 1 aromatic heterocycles. The van der Waals surface area contributed by atoms with Crippen LogP contribution in [0, 0.1) is 0 Å². The zero-order valence-electron chi connectivity index (χ0n) is 12.8. The van der Waals surface area contributed by atoms with Crippen LogP contribution in [0.1, 0.15) is 25.0 Å². The van der Waals surface area contributed by atoms with Crippen molar-refractivity contribution in [2.75, 3.05) is 11.9 Å². The lowest BCUT2D eigenvalue weighted by molar-refractivity contribution is 0.588. The topological polar surface area (TPSA) is 28.2 Å². The van der Waals surface area contributed by atoms with Gasteiger partial charge in [-0.25, -0.2) is 4.98 Å². The Labute approximate surface area is 135 Å². The van der Waals surface area contributed by atoms with Crippen LogP contribution in [-0.2, 0) is 13.1 Å². The number of pyridine rings is 1. The van der Waals surface area contributed by atoms with E-state index < -0.39 is 0 Å². The predicted molar refractivity (Wildman–Crippen MR) is 92.5 cm³/mol. The molecular formula is C17H22BrN3. The maximum Gasteiger partial charge on any atom is 0.128 e. The van der Waals surface area contributed by atoms with Crippen molar-refractivity contribution in [3.05, 3.63) is 58.2 Å². The summed E-state index contributed by atoms with van der Waals surface area (Å²) in [7, 11) is 2.07. The van der Waals surface area contributed by atoms with Gasteiger partial charge >= 0.3 is 0 Å². The Balaban J connectivity index is 2.07. The standard InChI is InChI=1S/C17H22BrN3/c1-13(2)20-11-14-8-9-19-17(10-14)21(3)12-15-6-4-5-7-16(15)18/h4-10,13,20H,11-12H2,1-3H3. The maximum absolute atomic E-state index is 4.48. The molecule has 3 nitrogen and oxygen atoms in total. The summed E-state index contributed by atoms with van der Waals surface area (Å²) in [4.78, 5) is 6.64. The van der Waals surface area contributed by atoms with Gasteiger partial charge in [0.15, 0.2) is 0 Å². The van der Waals surface area contributed by atoms with Crippen molar-refractivity contribution in [2.24, 2.45) is 0 Å². The van der Waals surface area contributed by atoms with Gasteiger partial charge in [-0.1, -0.05) is 48.0 Å². The molecule has 0 aliphatic heterocycles. The molecule has 112 valence electrons. The molecule has 0 atom stereocenters. The van der Waals surface area contributed by atoms with Crippen molar-refractivity contribution in [3.63, 3.8) is 0 Å². The summed E-state index contributed by atoms with van der Waals surface area (Å²) in [5.74, 6) is 0.994. The van der Waals surface area contributed by atoms with Gasteiger partial charge < -0.3 is 10.2 Å². The molecule has 1 N–H and O–H groups in total. The minimum absolute atomic E-state index is 0.486. The molecule has 0 saturated carbocycles. The summed E-state index contributed by atoms with van der Waals surface area (Å²) < 4.78 is 1.13. The first kappa shape index (κ1) is 16.0. The molecule has 1 heterocycles. The number of hydrogen-bond donors (Lipinski definition) is 1. The van der Waals surface area contributed by atoms with Gasteiger partial charge in [-0.05, 0) is 29.3 Å². The number of hydrogen-bond acceptors (Lipinski definition) is 3. The van der Waals surface area contributed by atoms with Crippen molar-refractivity contribution in [1.82, 2.24) is 10.3 Å². The summed E-state index contributed by atoms with van der Waals surface area (Å²) in [6.45, 7) is 6.01. The Morgan fingerprint density at radius 3 is 2.71 bits per heavy atom. The number of anilines is 1. The highest BCUT2D eigenvalue weighted by molar-refractivity contribution is 9.10. The van der Waals surface area contributed by atoms with Crippen LogP contribution in [0.4, 0.5) is 5.82 Å². The van der Waals surface area contributed by atoms with Gasteiger partial charge in [-0.3, -0.25) is 0 Å². The van der Waals surface area contributed by atoms with Crippen molar-refractivity contribution >= 4 is 21.7 Å². The van der Waals surface area contributed by atoms with Crippen LogP contribution < -0.4 is 10.2 Å². The second-order valence-corrected chi connectivity index (χ2v) is 6.36. The van der Waals surface area contributed by atoms with Gasteiger partial charge in [0.2, 0.25) is 0 Å². The molecule has 2 rings (SSSR count). The quantitative estimate of drug-likeness (QED) is 0.856. The van der Waals surface area contributed by atoms with E-state index in [2.05, 4.69) is 82.4 Å². The van der Waals surface area contributed by atoms with Gasteiger partial charge in [-0.15, -0.1) is 0 Å². The van der Waals surface area contributed by atoms with E-state index in [-0.39, 0.29) is 0 Å². The van der Waals surface area contributed by atoms with Crippen LogP contribution in [0.15, 0.2) is 47.1 Å². The predicted octanol–water partition coefficient (Wildman–Crippen LogP) is 3.98. The largest absolute Gasteiger partial charge is 0.355 e. The summed E-state index contributed by atoms with van der Waals surface area (Å²) in [6, 6.07) is 13.0. The van der Waals surface area contributed by atoms with E-state index in [0.29, 0.717) is 6.04 Å². The average Bonchev–Trinajstić information content (AvgIpc) is 2.48. The molecule has 1 aromatic carbocycles. The van der Waals surface area contributed by atoms with Gasteiger partial charge in [0, 0.05) is 36.8 Å². The third-order valence-electron chi connectivity index (χ3n) is 3.28. The molecule has 0 spiro atoms. The third kappa shape index (κ3) is 4.83.